The molecule has 2 rings (SSSR count). The number of hydrogen-bond acceptors (Lipinski definition) is 2. The van der Waals surface area contributed by atoms with Crippen LogP contribution in [0.2, 0.25) is 0 Å². The lowest BCUT2D eigenvalue weighted by molar-refractivity contribution is -0.120. The van der Waals surface area contributed by atoms with E-state index in [1.54, 1.807) is 6.07 Å². The Morgan fingerprint density at radius 2 is 1.76 bits per heavy atom. The van der Waals surface area contributed by atoms with Crippen molar-refractivity contribution in [2.45, 2.75) is 19.8 Å². The maximum atomic E-state index is 12.0. The molecule has 0 unspecified atom stereocenters. The Morgan fingerprint density at radius 3 is 2.52 bits per heavy atom. The first-order valence-corrected chi connectivity index (χ1v) is 7.24. The van der Waals surface area contributed by atoms with E-state index in [0.717, 1.165) is 23.6 Å². The lowest BCUT2D eigenvalue weighted by Crippen LogP contribution is -2.37. The molecule has 110 valence electrons. The van der Waals surface area contributed by atoms with Crippen molar-refractivity contribution in [3.63, 3.8) is 0 Å². The number of hydrogen-bond donors (Lipinski definition) is 2. The van der Waals surface area contributed by atoms with Crippen molar-refractivity contribution in [2.75, 3.05) is 13.1 Å². The highest BCUT2D eigenvalue weighted by Crippen LogP contribution is 2.15. The van der Waals surface area contributed by atoms with Gasteiger partial charge in [0.1, 0.15) is 0 Å². The van der Waals surface area contributed by atoms with Gasteiger partial charge in [-0.2, -0.15) is 0 Å². The summed E-state index contributed by atoms with van der Waals surface area (Å²) in [6.45, 7) is 2.73. The van der Waals surface area contributed by atoms with Crippen molar-refractivity contribution in [1.29, 1.82) is 0 Å². The van der Waals surface area contributed by atoms with Crippen molar-refractivity contribution in [2.24, 2.45) is 0 Å². The van der Waals surface area contributed by atoms with Crippen LogP contribution in [0.25, 0.3) is 10.8 Å². The fourth-order valence-electron chi connectivity index (χ4n) is 2.06. The molecule has 0 saturated carbocycles. The summed E-state index contributed by atoms with van der Waals surface area (Å²) < 4.78 is 0. The summed E-state index contributed by atoms with van der Waals surface area (Å²) in [5.74, 6) is -0.385. The van der Waals surface area contributed by atoms with Crippen LogP contribution in [0, 0.1) is 0 Å². The second kappa shape index (κ2) is 7.43. The van der Waals surface area contributed by atoms with Gasteiger partial charge in [-0.1, -0.05) is 43.7 Å². The summed E-state index contributed by atoms with van der Waals surface area (Å²) in [5, 5.41) is 7.51. The molecular formula is C17H20N2O2. The summed E-state index contributed by atoms with van der Waals surface area (Å²) in [6, 6.07) is 13.4. The number of fused-ring (bicyclic) bond motifs is 1. The summed E-state index contributed by atoms with van der Waals surface area (Å²) in [4.78, 5) is 23.6. The lowest BCUT2D eigenvalue weighted by Gasteiger charge is -2.07. The van der Waals surface area contributed by atoms with Gasteiger partial charge in [-0.05, 0) is 29.3 Å². The maximum absolute atomic E-state index is 12.0. The van der Waals surface area contributed by atoms with Gasteiger partial charge >= 0.3 is 0 Å². The highest BCUT2D eigenvalue weighted by atomic mass is 16.2. The average Bonchev–Trinajstić information content (AvgIpc) is 2.52. The van der Waals surface area contributed by atoms with E-state index < -0.39 is 0 Å². The van der Waals surface area contributed by atoms with Crippen molar-refractivity contribution in [3.05, 3.63) is 48.0 Å². The van der Waals surface area contributed by atoms with E-state index in [0.29, 0.717) is 12.1 Å². The zero-order valence-electron chi connectivity index (χ0n) is 12.2. The van der Waals surface area contributed by atoms with Gasteiger partial charge in [0, 0.05) is 12.1 Å². The Bertz CT molecular complexity index is 637. The second-order valence-corrected chi connectivity index (χ2v) is 4.95. The van der Waals surface area contributed by atoms with Crippen LogP contribution in [0.4, 0.5) is 0 Å². The molecule has 0 fully saturated rings. The third kappa shape index (κ3) is 4.31. The molecule has 0 radical (unpaired) electrons. The summed E-state index contributed by atoms with van der Waals surface area (Å²) in [6.07, 6.45) is 1.98. The van der Waals surface area contributed by atoms with Gasteiger partial charge in [-0.15, -0.1) is 0 Å². The number of benzene rings is 2. The largest absolute Gasteiger partial charge is 0.355 e. The molecule has 0 spiro atoms. The molecule has 0 bridgehead atoms. The zero-order valence-corrected chi connectivity index (χ0v) is 12.2. The van der Waals surface area contributed by atoms with Gasteiger partial charge in [0.05, 0.1) is 6.54 Å². The summed E-state index contributed by atoms with van der Waals surface area (Å²) in [5.41, 5.74) is 0.565. The molecule has 0 aliphatic rings. The third-order valence-electron chi connectivity index (χ3n) is 3.27. The molecule has 4 nitrogen and oxygen atoms in total. The van der Waals surface area contributed by atoms with E-state index in [1.807, 2.05) is 36.4 Å². The van der Waals surface area contributed by atoms with Crippen LogP contribution < -0.4 is 10.6 Å². The van der Waals surface area contributed by atoms with Crippen LogP contribution in [0.3, 0.4) is 0 Å². The molecule has 2 amide bonds. The normalized spacial score (nSPS) is 10.3. The quantitative estimate of drug-likeness (QED) is 0.801. The number of rotatable bonds is 6. The first kappa shape index (κ1) is 15.0. The number of unbranched alkanes of at least 4 members (excludes halogenated alkanes) is 1. The van der Waals surface area contributed by atoms with Gasteiger partial charge in [0.2, 0.25) is 5.91 Å². The molecule has 0 aromatic heterocycles. The minimum absolute atomic E-state index is 0.00930. The molecule has 4 heteroatoms. The van der Waals surface area contributed by atoms with Crippen LogP contribution in [-0.4, -0.2) is 24.9 Å². The van der Waals surface area contributed by atoms with Crippen molar-refractivity contribution < 1.29 is 9.59 Å². The van der Waals surface area contributed by atoms with Gasteiger partial charge in [0.15, 0.2) is 0 Å². The standard InChI is InChI=1S/C17H20N2O2/c1-2-3-10-18-16(20)12-19-17(21)15-9-8-13-6-4-5-7-14(13)11-15/h4-9,11H,2-3,10,12H2,1H3,(H,18,20)(H,19,21). The van der Waals surface area contributed by atoms with Crippen LogP contribution in [0.5, 0.6) is 0 Å². The van der Waals surface area contributed by atoms with Crippen LogP contribution >= 0.6 is 0 Å². The highest BCUT2D eigenvalue weighted by molar-refractivity contribution is 5.99. The number of carbonyl (C=O) groups excluding carboxylic acids is 2. The van der Waals surface area contributed by atoms with Crippen molar-refractivity contribution >= 4 is 22.6 Å². The lowest BCUT2D eigenvalue weighted by atomic mass is 10.1. The van der Waals surface area contributed by atoms with E-state index in [9.17, 15) is 9.59 Å². The van der Waals surface area contributed by atoms with Gasteiger partial charge in [-0.3, -0.25) is 9.59 Å². The monoisotopic (exact) mass is 284 g/mol. The molecule has 0 aliphatic heterocycles. The van der Waals surface area contributed by atoms with Crippen molar-refractivity contribution in [3.8, 4) is 0 Å². The number of nitrogens with one attached hydrogen (secondary N) is 2. The minimum atomic E-state index is -0.230. The third-order valence-corrected chi connectivity index (χ3v) is 3.27. The molecule has 2 aromatic rings. The SMILES string of the molecule is CCCCNC(=O)CNC(=O)c1ccc2ccccc2c1. The molecule has 2 N–H and O–H groups in total. The van der Waals surface area contributed by atoms with E-state index in [1.165, 1.54) is 0 Å². The molecule has 2 aromatic carbocycles. The highest BCUT2D eigenvalue weighted by Gasteiger charge is 2.08. The fourth-order valence-corrected chi connectivity index (χ4v) is 2.06. The fraction of sp³-hybridized carbons (Fsp3) is 0.294. The van der Waals surface area contributed by atoms with Crippen LogP contribution in [0.1, 0.15) is 30.1 Å². The Balaban J connectivity index is 1.91. The molecular weight excluding hydrogens is 264 g/mol. The van der Waals surface area contributed by atoms with Gasteiger partial charge < -0.3 is 10.6 Å². The number of amides is 2. The van der Waals surface area contributed by atoms with E-state index in [2.05, 4.69) is 17.6 Å². The molecule has 0 atom stereocenters. The van der Waals surface area contributed by atoms with E-state index in [-0.39, 0.29) is 18.4 Å². The predicted octanol–water partition coefficient (Wildman–Crippen LogP) is 2.49. The maximum Gasteiger partial charge on any atom is 0.251 e. The minimum Gasteiger partial charge on any atom is -0.355 e. The zero-order chi connectivity index (χ0) is 15.1. The Morgan fingerprint density at radius 1 is 1.00 bits per heavy atom. The topological polar surface area (TPSA) is 58.2 Å². The second-order valence-electron chi connectivity index (χ2n) is 4.95. The van der Waals surface area contributed by atoms with Crippen LogP contribution in [-0.2, 0) is 4.79 Å². The summed E-state index contributed by atoms with van der Waals surface area (Å²) in [7, 11) is 0. The first-order chi connectivity index (χ1) is 10.2. The summed E-state index contributed by atoms with van der Waals surface area (Å²) >= 11 is 0. The average molecular weight is 284 g/mol. The Labute approximate surface area is 124 Å². The predicted molar refractivity (Wildman–Crippen MR) is 84.2 cm³/mol. The van der Waals surface area contributed by atoms with Gasteiger partial charge in [0.25, 0.3) is 5.91 Å². The molecule has 0 aliphatic carbocycles. The van der Waals surface area contributed by atoms with E-state index >= 15 is 0 Å². The molecule has 0 heterocycles. The van der Waals surface area contributed by atoms with E-state index in [4.69, 9.17) is 0 Å². The van der Waals surface area contributed by atoms with Crippen LogP contribution in [0.15, 0.2) is 42.5 Å². The Hall–Kier alpha value is -2.36. The van der Waals surface area contributed by atoms with Crippen molar-refractivity contribution in [1.82, 2.24) is 10.6 Å². The number of carbonyl (C=O) groups is 2. The Kier molecular flexibility index (Phi) is 5.32. The molecule has 0 saturated heterocycles. The smallest absolute Gasteiger partial charge is 0.251 e. The first-order valence-electron chi connectivity index (χ1n) is 7.24. The molecule has 21 heavy (non-hydrogen) atoms. The van der Waals surface area contributed by atoms with Gasteiger partial charge in [-0.25, -0.2) is 0 Å².